The number of rotatable bonds is 6. The summed E-state index contributed by atoms with van der Waals surface area (Å²) in [6.45, 7) is 4.47. The predicted octanol–water partition coefficient (Wildman–Crippen LogP) is 0.671. The van der Waals surface area contributed by atoms with Crippen LogP contribution in [0.1, 0.15) is 18.4 Å². The van der Waals surface area contributed by atoms with Crippen molar-refractivity contribution in [1.29, 1.82) is 0 Å². The minimum absolute atomic E-state index is 0.00159. The molecule has 26 heavy (non-hydrogen) atoms. The van der Waals surface area contributed by atoms with Crippen molar-refractivity contribution in [2.45, 2.75) is 19.3 Å². The number of amides is 2. The van der Waals surface area contributed by atoms with Gasteiger partial charge in [0, 0.05) is 32.6 Å². The van der Waals surface area contributed by atoms with E-state index in [1.165, 1.54) is 0 Å². The van der Waals surface area contributed by atoms with Gasteiger partial charge in [0.2, 0.25) is 11.8 Å². The van der Waals surface area contributed by atoms with E-state index in [0.29, 0.717) is 19.6 Å². The lowest BCUT2D eigenvalue weighted by Gasteiger charge is -2.32. The molecule has 1 fully saturated rings. The van der Waals surface area contributed by atoms with Gasteiger partial charge in [0.25, 0.3) is 0 Å². The molecule has 1 saturated heterocycles. The number of carbonyl (C=O) groups is 2. The number of piperazine rings is 1. The Morgan fingerprint density at radius 1 is 1.08 bits per heavy atom. The molecule has 2 heterocycles. The monoisotopic (exact) mass is 361 g/mol. The van der Waals surface area contributed by atoms with Crippen LogP contribution >= 0.6 is 0 Å². The van der Waals surface area contributed by atoms with Crippen molar-refractivity contribution in [2.75, 3.05) is 53.0 Å². The standard InChI is InChI=1S/C19H27N3O4/c1-21-7-9-22(10-8-21)19(24)14-20-18(23)4-2-3-15-5-6-16-17(13-15)26-12-11-25-16/h5-6,13H,2-4,7-12,14H2,1H3,(H,20,23). The first-order valence-electron chi connectivity index (χ1n) is 9.23. The summed E-state index contributed by atoms with van der Waals surface area (Å²) < 4.78 is 11.1. The Bertz CT molecular complexity index is 642. The molecular weight excluding hydrogens is 334 g/mol. The zero-order valence-corrected chi connectivity index (χ0v) is 15.3. The average molecular weight is 361 g/mol. The summed E-state index contributed by atoms with van der Waals surface area (Å²) in [6.07, 6.45) is 1.93. The minimum Gasteiger partial charge on any atom is -0.486 e. The number of nitrogens with zero attached hydrogens (tertiary/aromatic N) is 2. The number of hydrogen-bond donors (Lipinski definition) is 1. The second-order valence-corrected chi connectivity index (χ2v) is 6.79. The van der Waals surface area contributed by atoms with Crippen molar-refractivity contribution in [1.82, 2.24) is 15.1 Å². The van der Waals surface area contributed by atoms with E-state index in [9.17, 15) is 9.59 Å². The van der Waals surface area contributed by atoms with Crippen molar-refractivity contribution >= 4 is 11.8 Å². The normalized spacial score (nSPS) is 17.0. The van der Waals surface area contributed by atoms with Gasteiger partial charge in [0.1, 0.15) is 13.2 Å². The second kappa shape index (κ2) is 8.89. The van der Waals surface area contributed by atoms with Crippen LogP contribution in [-0.2, 0) is 16.0 Å². The highest BCUT2D eigenvalue weighted by Gasteiger charge is 2.19. The molecule has 0 aromatic heterocycles. The first-order valence-corrected chi connectivity index (χ1v) is 9.23. The Kier molecular flexibility index (Phi) is 6.33. The highest BCUT2D eigenvalue weighted by atomic mass is 16.6. The van der Waals surface area contributed by atoms with Crippen molar-refractivity contribution in [2.24, 2.45) is 0 Å². The van der Waals surface area contributed by atoms with Gasteiger partial charge in [-0.1, -0.05) is 6.07 Å². The summed E-state index contributed by atoms with van der Waals surface area (Å²) in [5.74, 6) is 1.47. The lowest BCUT2D eigenvalue weighted by atomic mass is 10.1. The van der Waals surface area contributed by atoms with Gasteiger partial charge < -0.3 is 24.6 Å². The van der Waals surface area contributed by atoms with Crippen LogP contribution < -0.4 is 14.8 Å². The molecular formula is C19H27N3O4. The van der Waals surface area contributed by atoms with E-state index in [0.717, 1.165) is 56.1 Å². The molecule has 142 valence electrons. The van der Waals surface area contributed by atoms with Gasteiger partial charge in [0.15, 0.2) is 11.5 Å². The van der Waals surface area contributed by atoms with E-state index in [2.05, 4.69) is 10.2 Å². The number of likely N-dealkylation sites (N-methyl/N-ethyl adjacent to an activating group) is 1. The summed E-state index contributed by atoms with van der Waals surface area (Å²) in [7, 11) is 2.05. The van der Waals surface area contributed by atoms with Crippen molar-refractivity contribution in [3.8, 4) is 11.5 Å². The van der Waals surface area contributed by atoms with E-state index < -0.39 is 0 Å². The third-order valence-corrected chi connectivity index (χ3v) is 4.77. The molecule has 0 aliphatic carbocycles. The molecule has 2 aliphatic heterocycles. The molecule has 1 N–H and O–H groups in total. The number of ether oxygens (including phenoxy) is 2. The summed E-state index contributed by atoms with van der Waals surface area (Å²) in [4.78, 5) is 28.1. The minimum atomic E-state index is -0.0787. The third-order valence-electron chi connectivity index (χ3n) is 4.77. The van der Waals surface area contributed by atoms with E-state index >= 15 is 0 Å². The van der Waals surface area contributed by atoms with Crippen molar-refractivity contribution in [3.05, 3.63) is 23.8 Å². The fourth-order valence-corrected chi connectivity index (χ4v) is 3.13. The molecule has 1 aromatic carbocycles. The van der Waals surface area contributed by atoms with Gasteiger partial charge >= 0.3 is 0 Å². The molecule has 7 nitrogen and oxygen atoms in total. The van der Waals surface area contributed by atoms with E-state index in [4.69, 9.17) is 9.47 Å². The molecule has 0 spiro atoms. The maximum Gasteiger partial charge on any atom is 0.242 e. The van der Waals surface area contributed by atoms with Crippen LogP contribution in [0.5, 0.6) is 11.5 Å². The molecule has 0 bridgehead atoms. The Balaban J connectivity index is 1.34. The fraction of sp³-hybridized carbons (Fsp3) is 0.579. The van der Waals surface area contributed by atoms with Gasteiger partial charge in [-0.15, -0.1) is 0 Å². The van der Waals surface area contributed by atoms with Crippen LogP contribution in [-0.4, -0.2) is 74.6 Å². The van der Waals surface area contributed by atoms with Crippen LogP contribution in [0.4, 0.5) is 0 Å². The SMILES string of the molecule is CN1CCN(C(=O)CNC(=O)CCCc2ccc3c(c2)OCCO3)CC1. The fourth-order valence-electron chi connectivity index (χ4n) is 3.13. The Labute approximate surface area is 154 Å². The van der Waals surface area contributed by atoms with Crippen LogP contribution in [0.15, 0.2) is 18.2 Å². The number of aryl methyl sites for hydroxylation is 1. The van der Waals surface area contributed by atoms with Gasteiger partial charge in [-0.3, -0.25) is 9.59 Å². The van der Waals surface area contributed by atoms with E-state index in [1.807, 2.05) is 30.1 Å². The topological polar surface area (TPSA) is 71.1 Å². The summed E-state index contributed by atoms with van der Waals surface area (Å²) in [5, 5.41) is 2.74. The smallest absolute Gasteiger partial charge is 0.242 e. The first-order chi connectivity index (χ1) is 12.6. The van der Waals surface area contributed by atoms with Gasteiger partial charge in [-0.2, -0.15) is 0 Å². The number of nitrogens with one attached hydrogen (secondary N) is 1. The number of fused-ring (bicyclic) bond motifs is 1. The quantitative estimate of drug-likeness (QED) is 0.806. The zero-order valence-electron chi connectivity index (χ0n) is 15.3. The van der Waals surface area contributed by atoms with Crippen LogP contribution in [0.25, 0.3) is 0 Å². The van der Waals surface area contributed by atoms with Gasteiger partial charge in [-0.25, -0.2) is 0 Å². The molecule has 0 unspecified atom stereocenters. The first kappa shape index (κ1) is 18.5. The number of hydrogen-bond acceptors (Lipinski definition) is 5. The number of benzene rings is 1. The average Bonchev–Trinajstić information content (AvgIpc) is 2.66. The maximum absolute atomic E-state index is 12.1. The van der Waals surface area contributed by atoms with E-state index in [-0.39, 0.29) is 18.4 Å². The summed E-state index contributed by atoms with van der Waals surface area (Å²) in [6, 6.07) is 5.89. The molecule has 7 heteroatoms. The summed E-state index contributed by atoms with van der Waals surface area (Å²) in [5.41, 5.74) is 1.12. The lowest BCUT2D eigenvalue weighted by Crippen LogP contribution is -2.50. The molecule has 2 amide bonds. The van der Waals surface area contributed by atoms with Crippen molar-refractivity contribution < 1.29 is 19.1 Å². The van der Waals surface area contributed by atoms with E-state index in [1.54, 1.807) is 0 Å². The Morgan fingerprint density at radius 3 is 2.58 bits per heavy atom. The highest BCUT2D eigenvalue weighted by molar-refractivity contribution is 5.84. The molecule has 0 radical (unpaired) electrons. The van der Waals surface area contributed by atoms with Crippen molar-refractivity contribution in [3.63, 3.8) is 0 Å². The molecule has 2 aliphatic rings. The summed E-state index contributed by atoms with van der Waals surface area (Å²) >= 11 is 0. The molecule has 0 atom stereocenters. The molecule has 0 saturated carbocycles. The second-order valence-electron chi connectivity index (χ2n) is 6.79. The Hall–Kier alpha value is -2.28. The predicted molar refractivity (Wildman–Crippen MR) is 97.5 cm³/mol. The third kappa shape index (κ3) is 5.11. The molecule has 3 rings (SSSR count). The van der Waals surface area contributed by atoms with Crippen LogP contribution in [0.2, 0.25) is 0 Å². The van der Waals surface area contributed by atoms with Gasteiger partial charge in [-0.05, 0) is 37.6 Å². The highest BCUT2D eigenvalue weighted by Crippen LogP contribution is 2.31. The molecule has 1 aromatic rings. The lowest BCUT2D eigenvalue weighted by molar-refractivity contribution is -0.134. The van der Waals surface area contributed by atoms with Gasteiger partial charge in [0.05, 0.1) is 6.54 Å². The maximum atomic E-state index is 12.1. The zero-order chi connectivity index (χ0) is 18.4. The number of carbonyl (C=O) groups excluding carboxylic acids is 2. The Morgan fingerprint density at radius 2 is 1.81 bits per heavy atom. The van der Waals surface area contributed by atoms with Crippen LogP contribution in [0.3, 0.4) is 0 Å². The largest absolute Gasteiger partial charge is 0.486 e. The van der Waals surface area contributed by atoms with Crippen LogP contribution in [0, 0.1) is 0 Å².